The molecule has 2 aliphatic carbocycles. The second kappa shape index (κ2) is 4.22. The lowest BCUT2D eigenvalue weighted by Gasteiger charge is -2.25. The molecular formula is C14H15N3O. The maximum absolute atomic E-state index is 11.2. The standard InChI is InChI=1S/C14H15N3O/c15-14(18)9-5-6-12-13(7-9)16-8-10-3-1-2-4-11(10)17-12/h1-6,8,11,13,16-17H,7H2,(H2,15,18). The van der Waals surface area contributed by atoms with Crippen molar-refractivity contribution in [2.45, 2.75) is 18.5 Å². The van der Waals surface area contributed by atoms with Crippen LogP contribution in [-0.4, -0.2) is 18.0 Å². The third-order valence-electron chi connectivity index (χ3n) is 3.42. The number of allylic oxidation sites excluding steroid dienone is 4. The number of primary amides is 1. The Hall–Kier alpha value is -2.23. The SMILES string of the molecule is NC(=O)C1=CC=C2NC3C=CC=CC3=CNC2C1. The minimum Gasteiger partial charge on any atom is -0.382 e. The van der Waals surface area contributed by atoms with Crippen LogP contribution < -0.4 is 16.4 Å². The second-order valence-electron chi connectivity index (χ2n) is 4.61. The summed E-state index contributed by atoms with van der Waals surface area (Å²) in [6, 6.07) is 0.291. The fourth-order valence-electron chi connectivity index (χ4n) is 2.39. The van der Waals surface area contributed by atoms with Crippen molar-refractivity contribution in [2.75, 3.05) is 0 Å². The number of nitrogens with one attached hydrogen (secondary N) is 2. The highest BCUT2D eigenvalue weighted by Gasteiger charge is 2.25. The van der Waals surface area contributed by atoms with E-state index < -0.39 is 0 Å². The molecule has 3 rings (SSSR count). The fourth-order valence-corrected chi connectivity index (χ4v) is 2.39. The lowest BCUT2D eigenvalue weighted by atomic mass is 9.96. The number of amides is 1. The summed E-state index contributed by atoms with van der Waals surface area (Å²) in [4.78, 5) is 11.2. The Labute approximate surface area is 106 Å². The van der Waals surface area contributed by atoms with Gasteiger partial charge in [0.1, 0.15) is 0 Å². The lowest BCUT2D eigenvalue weighted by molar-refractivity contribution is -0.114. The third kappa shape index (κ3) is 1.86. The van der Waals surface area contributed by atoms with E-state index in [1.807, 2.05) is 24.4 Å². The van der Waals surface area contributed by atoms with Gasteiger partial charge in [0, 0.05) is 23.9 Å². The highest BCUT2D eigenvalue weighted by Crippen LogP contribution is 2.23. The predicted molar refractivity (Wildman–Crippen MR) is 70.2 cm³/mol. The minimum atomic E-state index is -0.346. The zero-order valence-corrected chi connectivity index (χ0v) is 9.89. The first-order valence-electron chi connectivity index (χ1n) is 6.02. The van der Waals surface area contributed by atoms with Gasteiger partial charge in [-0.2, -0.15) is 0 Å². The Morgan fingerprint density at radius 1 is 1.33 bits per heavy atom. The maximum atomic E-state index is 11.2. The van der Waals surface area contributed by atoms with E-state index in [1.54, 1.807) is 6.08 Å². The smallest absolute Gasteiger partial charge is 0.244 e. The first kappa shape index (κ1) is 10.9. The molecular weight excluding hydrogens is 226 g/mol. The summed E-state index contributed by atoms with van der Waals surface area (Å²) in [6.45, 7) is 0. The molecule has 0 aromatic carbocycles. The van der Waals surface area contributed by atoms with Gasteiger partial charge < -0.3 is 16.4 Å². The van der Waals surface area contributed by atoms with Crippen molar-refractivity contribution in [2.24, 2.45) is 5.73 Å². The molecule has 4 heteroatoms. The topological polar surface area (TPSA) is 67.2 Å². The molecule has 1 amide bonds. The van der Waals surface area contributed by atoms with Gasteiger partial charge in [0.2, 0.25) is 5.91 Å². The van der Waals surface area contributed by atoms with Crippen molar-refractivity contribution in [3.8, 4) is 0 Å². The van der Waals surface area contributed by atoms with Crippen LogP contribution >= 0.6 is 0 Å². The summed E-state index contributed by atoms with van der Waals surface area (Å²) in [5, 5.41) is 6.82. The van der Waals surface area contributed by atoms with Gasteiger partial charge in [0.05, 0.1) is 12.1 Å². The van der Waals surface area contributed by atoms with E-state index in [2.05, 4.69) is 22.8 Å². The normalized spacial score (nSPS) is 28.6. The molecule has 0 saturated carbocycles. The van der Waals surface area contributed by atoms with Gasteiger partial charge in [-0.1, -0.05) is 30.4 Å². The number of carbonyl (C=O) groups is 1. The molecule has 0 bridgehead atoms. The van der Waals surface area contributed by atoms with Gasteiger partial charge in [0.25, 0.3) is 0 Å². The van der Waals surface area contributed by atoms with E-state index >= 15 is 0 Å². The van der Waals surface area contributed by atoms with Crippen molar-refractivity contribution >= 4 is 5.91 Å². The van der Waals surface area contributed by atoms with E-state index in [9.17, 15) is 4.79 Å². The van der Waals surface area contributed by atoms with Gasteiger partial charge in [-0.3, -0.25) is 4.79 Å². The molecule has 3 aliphatic rings. The highest BCUT2D eigenvalue weighted by atomic mass is 16.1. The minimum absolute atomic E-state index is 0.0948. The Kier molecular flexibility index (Phi) is 2.55. The van der Waals surface area contributed by atoms with Crippen LogP contribution in [-0.2, 0) is 4.79 Å². The largest absolute Gasteiger partial charge is 0.382 e. The number of rotatable bonds is 1. The summed E-state index contributed by atoms with van der Waals surface area (Å²) in [5.41, 5.74) is 8.26. The van der Waals surface area contributed by atoms with E-state index in [-0.39, 0.29) is 18.0 Å². The Morgan fingerprint density at radius 2 is 2.22 bits per heavy atom. The average molecular weight is 241 g/mol. The maximum Gasteiger partial charge on any atom is 0.244 e. The molecule has 0 saturated heterocycles. The van der Waals surface area contributed by atoms with Crippen molar-refractivity contribution in [3.63, 3.8) is 0 Å². The molecule has 2 atom stereocenters. The van der Waals surface area contributed by atoms with Crippen LogP contribution in [0.25, 0.3) is 0 Å². The highest BCUT2D eigenvalue weighted by molar-refractivity contribution is 5.92. The van der Waals surface area contributed by atoms with Crippen molar-refractivity contribution < 1.29 is 4.79 Å². The quantitative estimate of drug-likeness (QED) is 0.630. The summed E-state index contributed by atoms with van der Waals surface area (Å²) >= 11 is 0. The molecule has 92 valence electrons. The van der Waals surface area contributed by atoms with E-state index in [4.69, 9.17) is 5.73 Å². The summed E-state index contributed by atoms with van der Waals surface area (Å²) in [6.07, 6.45) is 14.6. The van der Waals surface area contributed by atoms with Crippen LogP contribution in [0.2, 0.25) is 0 Å². The summed E-state index contributed by atoms with van der Waals surface area (Å²) < 4.78 is 0. The zero-order chi connectivity index (χ0) is 12.5. The molecule has 2 unspecified atom stereocenters. The van der Waals surface area contributed by atoms with E-state index in [0.717, 1.165) is 5.70 Å². The Morgan fingerprint density at radius 3 is 3.06 bits per heavy atom. The number of fused-ring (bicyclic) bond motifs is 2. The Bertz CT molecular complexity index is 537. The fraction of sp³-hybridized carbons (Fsp3) is 0.214. The van der Waals surface area contributed by atoms with Crippen LogP contribution in [0.15, 0.2) is 59.5 Å². The molecule has 0 spiro atoms. The van der Waals surface area contributed by atoms with Gasteiger partial charge in [0.15, 0.2) is 0 Å². The average Bonchev–Trinajstić information content (AvgIpc) is 2.56. The van der Waals surface area contributed by atoms with Gasteiger partial charge in [-0.25, -0.2) is 0 Å². The molecule has 4 N–H and O–H groups in total. The lowest BCUT2D eigenvalue weighted by Crippen LogP contribution is -2.37. The number of carbonyl (C=O) groups excluding carboxylic acids is 1. The van der Waals surface area contributed by atoms with Gasteiger partial charge >= 0.3 is 0 Å². The van der Waals surface area contributed by atoms with Gasteiger partial charge in [-0.05, 0) is 11.6 Å². The van der Waals surface area contributed by atoms with Gasteiger partial charge in [-0.15, -0.1) is 0 Å². The van der Waals surface area contributed by atoms with Crippen LogP contribution in [0.1, 0.15) is 6.42 Å². The van der Waals surface area contributed by atoms with Crippen LogP contribution in [0.3, 0.4) is 0 Å². The molecule has 4 nitrogen and oxygen atoms in total. The number of nitrogens with two attached hydrogens (primary N) is 1. The second-order valence-corrected chi connectivity index (χ2v) is 4.61. The first-order chi connectivity index (χ1) is 8.74. The monoisotopic (exact) mass is 241 g/mol. The first-order valence-corrected chi connectivity index (χ1v) is 6.02. The number of hydrogen-bond acceptors (Lipinski definition) is 3. The molecule has 1 heterocycles. The van der Waals surface area contributed by atoms with Crippen molar-refractivity contribution in [1.82, 2.24) is 10.6 Å². The summed E-state index contributed by atoms with van der Waals surface area (Å²) in [5.74, 6) is -0.346. The molecule has 0 aromatic rings. The predicted octanol–water partition coefficient (Wildman–Crippen LogP) is 0.626. The van der Waals surface area contributed by atoms with E-state index in [0.29, 0.717) is 12.0 Å². The van der Waals surface area contributed by atoms with E-state index in [1.165, 1.54) is 5.57 Å². The van der Waals surface area contributed by atoms with Crippen molar-refractivity contribution in [1.29, 1.82) is 0 Å². The van der Waals surface area contributed by atoms with Crippen LogP contribution in [0.5, 0.6) is 0 Å². The number of hydrogen-bond donors (Lipinski definition) is 3. The zero-order valence-electron chi connectivity index (χ0n) is 9.89. The molecule has 18 heavy (non-hydrogen) atoms. The molecule has 0 radical (unpaired) electrons. The molecule has 1 aliphatic heterocycles. The molecule has 0 aromatic heterocycles. The third-order valence-corrected chi connectivity index (χ3v) is 3.42. The molecule has 0 fully saturated rings. The summed E-state index contributed by atoms with van der Waals surface area (Å²) in [7, 11) is 0. The van der Waals surface area contributed by atoms with Crippen LogP contribution in [0.4, 0.5) is 0 Å². The van der Waals surface area contributed by atoms with Crippen molar-refractivity contribution in [3.05, 3.63) is 59.5 Å². The van der Waals surface area contributed by atoms with Crippen LogP contribution in [0, 0.1) is 0 Å². The Balaban J connectivity index is 1.89.